The third kappa shape index (κ3) is 1.99. The van der Waals surface area contributed by atoms with E-state index in [4.69, 9.17) is 21.4 Å². The lowest BCUT2D eigenvalue weighted by Gasteiger charge is -2.15. The summed E-state index contributed by atoms with van der Waals surface area (Å²) in [7, 11) is 1.42. The van der Waals surface area contributed by atoms with Crippen LogP contribution in [0.2, 0.25) is 5.02 Å². The van der Waals surface area contributed by atoms with Crippen LogP contribution in [0.25, 0.3) is 0 Å². The monoisotopic (exact) mass is 218 g/mol. The van der Waals surface area contributed by atoms with Crippen LogP contribution in [0, 0.1) is 5.82 Å². The van der Waals surface area contributed by atoms with Crippen molar-refractivity contribution in [2.24, 2.45) is 0 Å². The zero-order chi connectivity index (χ0) is 10.7. The molecule has 1 rings (SSSR count). The van der Waals surface area contributed by atoms with Gasteiger partial charge < -0.3 is 9.84 Å². The van der Waals surface area contributed by atoms with Crippen molar-refractivity contribution in [2.75, 3.05) is 13.7 Å². The van der Waals surface area contributed by atoms with Gasteiger partial charge in [-0.2, -0.15) is 0 Å². The van der Waals surface area contributed by atoms with Gasteiger partial charge in [0.05, 0.1) is 12.1 Å². The molecule has 0 aliphatic rings. The average molecular weight is 219 g/mol. The van der Waals surface area contributed by atoms with E-state index >= 15 is 0 Å². The van der Waals surface area contributed by atoms with E-state index in [0.717, 1.165) is 0 Å². The molecule has 0 aromatic heterocycles. The maximum atomic E-state index is 13.4. The second-order valence-electron chi connectivity index (χ2n) is 3.06. The Labute approximate surface area is 87.3 Å². The van der Waals surface area contributed by atoms with Gasteiger partial charge in [0.2, 0.25) is 0 Å². The third-order valence-electron chi connectivity index (χ3n) is 2.07. The summed E-state index contributed by atoms with van der Waals surface area (Å²) in [4.78, 5) is 0. The number of methoxy groups -OCH3 is 1. The van der Waals surface area contributed by atoms with Gasteiger partial charge in [-0.3, -0.25) is 0 Å². The molecular weight excluding hydrogens is 207 g/mol. The normalized spacial score (nSPS) is 12.6. The third-order valence-corrected chi connectivity index (χ3v) is 2.36. The molecule has 0 saturated heterocycles. The molecule has 0 aliphatic heterocycles. The van der Waals surface area contributed by atoms with E-state index in [2.05, 4.69) is 0 Å². The molecule has 2 nitrogen and oxygen atoms in total. The fourth-order valence-corrected chi connectivity index (χ4v) is 1.55. The minimum absolute atomic E-state index is 0.145. The molecule has 14 heavy (non-hydrogen) atoms. The highest BCUT2D eigenvalue weighted by Gasteiger charge is 2.18. The SMILES string of the molecule is COc1c(Cl)ccc(F)c1C(C)CO. The molecule has 78 valence electrons. The Hall–Kier alpha value is -0.800. The lowest BCUT2D eigenvalue weighted by atomic mass is 10.0. The Morgan fingerprint density at radius 1 is 1.57 bits per heavy atom. The van der Waals surface area contributed by atoms with Gasteiger partial charge in [0.1, 0.15) is 11.6 Å². The van der Waals surface area contributed by atoms with Gasteiger partial charge >= 0.3 is 0 Å². The maximum absolute atomic E-state index is 13.4. The fraction of sp³-hybridized carbons (Fsp3) is 0.400. The number of hydrogen-bond donors (Lipinski definition) is 1. The van der Waals surface area contributed by atoms with E-state index in [1.165, 1.54) is 19.2 Å². The Bertz CT molecular complexity index is 328. The Balaban J connectivity index is 3.29. The molecule has 0 aliphatic carbocycles. The van der Waals surface area contributed by atoms with Gasteiger partial charge in [-0.1, -0.05) is 18.5 Å². The lowest BCUT2D eigenvalue weighted by Crippen LogP contribution is -2.05. The minimum atomic E-state index is -0.409. The average Bonchev–Trinajstić information content (AvgIpc) is 2.19. The highest BCUT2D eigenvalue weighted by Crippen LogP contribution is 2.35. The number of ether oxygens (including phenoxy) is 1. The molecule has 4 heteroatoms. The zero-order valence-electron chi connectivity index (χ0n) is 8.05. The van der Waals surface area contributed by atoms with Crippen LogP contribution >= 0.6 is 11.6 Å². The van der Waals surface area contributed by atoms with Crippen LogP contribution in [0.3, 0.4) is 0 Å². The van der Waals surface area contributed by atoms with Gasteiger partial charge in [0, 0.05) is 18.1 Å². The molecule has 0 saturated carbocycles. The van der Waals surface area contributed by atoms with Gasteiger partial charge in [-0.05, 0) is 12.1 Å². The fourth-order valence-electron chi connectivity index (χ4n) is 1.31. The largest absolute Gasteiger partial charge is 0.495 e. The molecule has 0 heterocycles. The van der Waals surface area contributed by atoms with Crippen molar-refractivity contribution in [3.63, 3.8) is 0 Å². The zero-order valence-corrected chi connectivity index (χ0v) is 8.81. The first-order valence-corrected chi connectivity index (χ1v) is 4.62. The quantitative estimate of drug-likeness (QED) is 0.845. The van der Waals surface area contributed by atoms with Crippen LogP contribution in [0.4, 0.5) is 4.39 Å². The minimum Gasteiger partial charge on any atom is -0.495 e. The van der Waals surface area contributed by atoms with Gasteiger partial charge in [0.15, 0.2) is 0 Å². The number of halogens is 2. The summed E-state index contributed by atoms with van der Waals surface area (Å²) >= 11 is 5.83. The maximum Gasteiger partial charge on any atom is 0.143 e. The van der Waals surface area contributed by atoms with E-state index in [1.54, 1.807) is 6.92 Å². The Morgan fingerprint density at radius 3 is 2.71 bits per heavy atom. The van der Waals surface area contributed by atoms with Crippen LogP contribution in [-0.2, 0) is 0 Å². The first-order chi connectivity index (χ1) is 6.61. The molecule has 1 N–H and O–H groups in total. The molecule has 0 fully saturated rings. The van der Waals surface area contributed by atoms with E-state index < -0.39 is 5.82 Å². The molecule has 0 bridgehead atoms. The summed E-state index contributed by atoms with van der Waals surface area (Å²) in [5, 5.41) is 9.31. The van der Waals surface area contributed by atoms with Crippen LogP contribution in [0.1, 0.15) is 18.4 Å². The summed E-state index contributed by atoms with van der Waals surface area (Å²) in [6, 6.07) is 2.70. The van der Waals surface area contributed by atoms with Crippen molar-refractivity contribution < 1.29 is 14.2 Å². The van der Waals surface area contributed by atoms with Crippen molar-refractivity contribution in [3.05, 3.63) is 28.5 Å². The van der Waals surface area contributed by atoms with Crippen LogP contribution in [-0.4, -0.2) is 18.8 Å². The lowest BCUT2D eigenvalue weighted by molar-refractivity contribution is 0.266. The predicted octanol–water partition coefficient (Wildman–Crippen LogP) is 2.58. The molecular formula is C10H12ClFO2. The van der Waals surface area contributed by atoms with Crippen LogP contribution < -0.4 is 4.74 Å². The second-order valence-corrected chi connectivity index (χ2v) is 3.47. The second kappa shape index (κ2) is 4.62. The summed E-state index contributed by atoms with van der Waals surface area (Å²) < 4.78 is 18.4. The van der Waals surface area contributed by atoms with Crippen molar-refractivity contribution in [3.8, 4) is 5.75 Å². The highest BCUT2D eigenvalue weighted by molar-refractivity contribution is 6.32. The molecule has 1 aromatic carbocycles. The predicted molar refractivity (Wildman–Crippen MR) is 53.5 cm³/mol. The first kappa shape index (κ1) is 11.3. The van der Waals surface area contributed by atoms with Gasteiger partial charge in [-0.15, -0.1) is 0 Å². The number of hydrogen-bond acceptors (Lipinski definition) is 2. The van der Waals surface area contributed by atoms with Crippen molar-refractivity contribution in [1.82, 2.24) is 0 Å². The van der Waals surface area contributed by atoms with E-state index in [9.17, 15) is 4.39 Å². The van der Waals surface area contributed by atoms with Gasteiger partial charge in [-0.25, -0.2) is 4.39 Å². The summed E-state index contributed by atoms with van der Waals surface area (Å²) in [5.74, 6) is -0.440. The number of benzene rings is 1. The molecule has 1 unspecified atom stereocenters. The standard InChI is InChI=1S/C10H12ClFO2/c1-6(5-13)9-8(12)4-3-7(11)10(9)14-2/h3-4,6,13H,5H2,1-2H3. The molecule has 1 aromatic rings. The van der Waals surface area contributed by atoms with E-state index in [0.29, 0.717) is 16.3 Å². The number of aliphatic hydroxyl groups excluding tert-OH is 1. The summed E-state index contributed by atoms with van der Waals surface area (Å²) in [6.45, 7) is 1.56. The highest BCUT2D eigenvalue weighted by atomic mass is 35.5. The van der Waals surface area contributed by atoms with Gasteiger partial charge in [0.25, 0.3) is 0 Å². The van der Waals surface area contributed by atoms with Crippen LogP contribution in [0.15, 0.2) is 12.1 Å². The summed E-state index contributed by atoms with van der Waals surface area (Å²) in [5.41, 5.74) is 0.322. The molecule has 0 radical (unpaired) electrons. The number of aliphatic hydroxyl groups is 1. The van der Waals surface area contributed by atoms with Crippen molar-refractivity contribution in [2.45, 2.75) is 12.8 Å². The van der Waals surface area contributed by atoms with E-state index in [-0.39, 0.29) is 12.5 Å². The smallest absolute Gasteiger partial charge is 0.143 e. The first-order valence-electron chi connectivity index (χ1n) is 4.24. The van der Waals surface area contributed by atoms with E-state index in [1.807, 2.05) is 0 Å². The Morgan fingerprint density at radius 2 is 2.21 bits per heavy atom. The molecule has 0 spiro atoms. The van der Waals surface area contributed by atoms with Crippen LogP contribution in [0.5, 0.6) is 5.75 Å². The molecule has 1 atom stereocenters. The molecule has 0 amide bonds. The summed E-state index contributed by atoms with van der Waals surface area (Å²) in [6.07, 6.45) is 0. The number of rotatable bonds is 3. The van der Waals surface area contributed by atoms with Crippen molar-refractivity contribution >= 4 is 11.6 Å². The Kier molecular flexibility index (Phi) is 3.72. The van der Waals surface area contributed by atoms with Crippen molar-refractivity contribution in [1.29, 1.82) is 0 Å². The topological polar surface area (TPSA) is 29.5 Å².